The van der Waals surface area contributed by atoms with Gasteiger partial charge >= 0.3 is 12.1 Å². The van der Waals surface area contributed by atoms with Gasteiger partial charge in [-0.3, -0.25) is 4.79 Å². The van der Waals surface area contributed by atoms with E-state index < -0.39 is 12.1 Å². The van der Waals surface area contributed by atoms with Crippen LogP contribution in [0.3, 0.4) is 0 Å². The minimum atomic E-state index is -5.08. The van der Waals surface area contributed by atoms with Crippen LogP contribution < -0.4 is 10.6 Å². The van der Waals surface area contributed by atoms with Gasteiger partial charge in [0.05, 0.1) is 5.41 Å². The summed E-state index contributed by atoms with van der Waals surface area (Å²) in [5.41, 5.74) is 0.539. The van der Waals surface area contributed by atoms with E-state index in [2.05, 4.69) is 38.9 Å². The topological polar surface area (TPSA) is 103 Å². The zero-order valence-corrected chi connectivity index (χ0v) is 16.2. The number of carbonyl (C=O) groups is 2. The first-order chi connectivity index (χ1) is 14.1. The molecule has 2 heterocycles. The lowest BCUT2D eigenvalue weighted by molar-refractivity contribution is -0.192. The van der Waals surface area contributed by atoms with Crippen molar-refractivity contribution in [3.05, 3.63) is 35.9 Å². The van der Waals surface area contributed by atoms with Crippen molar-refractivity contribution in [2.75, 3.05) is 19.6 Å². The van der Waals surface area contributed by atoms with E-state index in [-0.39, 0.29) is 17.0 Å². The first kappa shape index (κ1) is 23.3. The second-order valence-corrected chi connectivity index (χ2v) is 7.24. The van der Waals surface area contributed by atoms with Crippen LogP contribution >= 0.6 is 0 Å². The second kappa shape index (κ2) is 9.71. The molecule has 10 heteroatoms. The van der Waals surface area contributed by atoms with E-state index in [1.807, 2.05) is 18.2 Å². The maximum Gasteiger partial charge on any atom is 0.490 e. The quantitative estimate of drug-likeness (QED) is 0.558. The van der Waals surface area contributed by atoms with E-state index in [1.165, 1.54) is 5.56 Å². The van der Waals surface area contributed by atoms with Gasteiger partial charge in [-0.15, -0.1) is 12.3 Å². The first-order valence-electron chi connectivity index (χ1n) is 9.33. The van der Waals surface area contributed by atoms with Crippen molar-refractivity contribution >= 4 is 11.9 Å². The van der Waals surface area contributed by atoms with Crippen molar-refractivity contribution in [2.45, 2.75) is 37.5 Å². The Kier molecular flexibility index (Phi) is 7.56. The number of carboxylic acid groups (broad SMARTS) is 1. The number of alkyl halides is 3. The lowest BCUT2D eigenvalue weighted by atomic mass is 9.75. The smallest absolute Gasteiger partial charge is 0.475 e. The van der Waals surface area contributed by atoms with E-state index >= 15 is 0 Å². The van der Waals surface area contributed by atoms with Gasteiger partial charge < -0.3 is 15.7 Å². The van der Waals surface area contributed by atoms with Crippen LogP contribution in [0.5, 0.6) is 0 Å². The SMILES string of the molecule is C#CCCC1(CCNC(=O)C2(Cc3ccccc3)CNC2)N=N1.O=C(O)C(F)(F)F. The number of rotatable bonds is 8. The number of aliphatic carboxylic acids is 1. The standard InChI is InChI=1S/C18H22N4O.C2HF3O2/c1-2-3-9-18(21-22-18)10-11-20-16(23)17(13-19-14-17)12-15-7-5-4-6-8-15;3-2(4,5)1(6)7/h1,4-8,19H,3,9-14H2,(H,20,23);(H,6,7). The van der Waals surface area contributed by atoms with Crippen LogP contribution in [-0.4, -0.2) is 48.5 Å². The fraction of sp³-hybridized carbons (Fsp3) is 0.500. The minimum absolute atomic E-state index is 0.118. The van der Waals surface area contributed by atoms with Crippen molar-refractivity contribution in [2.24, 2.45) is 15.6 Å². The highest BCUT2D eigenvalue weighted by Gasteiger charge is 2.45. The molecule has 3 N–H and O–H groups in total. The Morgan fingerprint density at radius 1 is 1.20 bits per heavy atom. The van der Waals surface area contributed by atoms with Gasteiger partial charge in [0.15, 0.2) is 5.66 Å². The van der Waals surface area contributed by atoms with Gasteiger partial charge in [-0.1, -0.05) is 30.3 Å². The summed E-state index contributed by atoms with van der Waals surface area (Å²) in [6.45, 7) is 2.04. The fourth-order valence-electron chi connectivity index (χ4n) is 3.01. The minimum Gasteiger partial charge on any atom is -0.475 e. The normalized spacial score (nSPS) is 17.5. The molecule has 0 atom stereocenters. The van der Waals surface area contributed by atoms with Crippen molar-refractivity contribution in [3.8, 4) is 12.3 Å². The number of amides is 1. The van der Waals surface area contributed by atoms with Crippen molar-refractivity contribution in [1.29, 1.82) is 0 Å². The summed E-state index contributed by atoms with van der Waals surface area (Å²) in [5.74, 6) is -0.0214. The highest BCUT2D eigenvalue weighted by molar-refractivity contribution is 5.84. The number of halogens is 3. The zero-order chi connectivity index (χ0) is 22.3. The summed E-state index contributed by atoms with van der Waals surface area (Å²) in [6.07, 6.45) is 3.15. The Labute approximate surface area is 172 Å². The lowest BCUT2D eigenvalue weighted by Gasteiger charge is -2.41. The molecule has 2 aliphatic rings. The monoisotopic (exact) mass is 424 g/mol. The zero-order valence-electron chi connectivity index (χ0n) is 16.2. The molecule has 0 spiro atoms. The second-order valence-electron chi connectivity index (χ2n) is 7.24. The van der Waals surface area contributed by atoms with Crippen LogP contribution in [0.2, 0.25) is 0 Å². The maximum atomic E-state index is 12.6. The molecule has 0 unspecified atom stereocenters. The molecule has 1 aromatic rings. The third-order valence-electron chi connectivity index (χ3n) is 4.90. The highest BCUT2D eigenvalue weighted by Crippen LogP contribution is 2.36. The Bertz CT molecular complexity index is 809. The number of nitrogens with one attached hydrogen (secondary N) is 2. The largest absolute Gasteiger partial charge is 0.490 e. The number of hydrogen-bond donors (Lipinski definition) is 3. The van der Waals surface area contributed by atoms with Crippen LogP contribution in [0.25, 0.3) is 0 Å². The van der Waals surface area contributed by atoms with Gasteiger partial charge in [0.2, 0.25) is 5.91 Å². The number of terminal acetylenes is 1. The molecule has 1 amide bonds. The average Bonchev–Trinajstić information content (AvgIpc) is 3.43. The van der Waals surface area contributed by atoms with Gasteiger partial charge in [-0.2, -0.15) is 23.4 Å². The molecule has 0 aromatic heterocycles. The molecule has 1 fully saturated rings. The number of carboxylic acids is 1. The molecule has 1 saturated heterocycles. The maximum absolute atomic E-state index is 12.6. The van der Waals surface area contributed by atoms with Crippen LogP contribution in [0.1, 0.15) is 24.8 Å². The molecular weight excluding hydrogens is 401 g/mol. The predicted molar refractivity (Wildman–Crippen MR) is 102 cm³/mol. The van der Waals surface area contributed by atoms with E-state index in [1.54, 1.807) is 0 Å². The number of carbonyl (C=O) groups excluding carboxylic acids is 1. The Morgan fingerprint density at radius 2 is 1.80 bits per heavy atom. The first-order valence-corrected chi connectivity index (χ1v) is 9.33. The van der Waals surface area contributed by atoms with Crippen LogP contribution in [0, 0.1) is 17.8 Å². The third-order valence-corrected chi connectivity index (χ3v) is 4.90. The summed E-state index contributed by atoms with van der Waals surface area (Å²) in [7, 11) is 0. The Morgan fingerprint density at radius 3 is 2.23 bits per heavy atom. The molecule has 0 radical (unpaired) electrons. The summed E-state index contributed by atoms with van der Waals surface area (Å²) < 4.78 is 31.7. The van der Waals surface area contributed by atoms with Gasteiger partial charge in [-0.05, 0) is 12.0 Å². The summed E-state index contributed by atoms with van der Waals surface area (Å²) in [6, 6.07) is 10.2. The highest BCUT2D eigenvalue weighted by atomic mass is 19.4. The van der Waals surface area contributed by atoms with Crippen LogP contribution in [-0.2, 0) is 16.0 Å². The molecule has 30 heavy (non-hydrogen) atoms. The van der Waals surface area contributed by atoms with Crippen molar-refractivity contribution in [3.63, 3.8) is 0 Å². The van der Waals surface area contributed by atoms with E-state index in [0.29, 0.717) is 13.0 Å². The molecule has 0 bridgehead atoms. The summed E-state index contributed by atoms with van der Waals surface area (Å²) >= 11 is 0. The third kappa shape index (κ3) is 6.56. The van der Waals surface area contributed by atoms with Crippen LogP contribution in [0.4, 0.5) is 13.2 Å². The molecule has 1 aromatic carbocycles. The predicted octanol–water partition coefficient (Wildman–Crippen LogP) is 2.53. The van der Waals surface area contributed by atoms with Gasteiger partial charge in [0, 0.05) is 38.9 Å². The number of hydrogen-bond acceptors (Lipinski definition) is 5. The molecule has 0 aliphatic carbocycles. The number of nitrogens with zero attached hydrogens (tertiary/aromatic N) is 2. The number of benzene rings is 1. The van der Waals surface area contributed by atoms with Crippen LogP contribution in [0.15, 0.2) is 40.6 Å². The molecule has 3 rings (SSSR count). The molecule has 2 aliphatic heterocycles. The average molecular weight is 424 g/mol. The summed E-state index contributed by atoms with van der Waals surface area (Å²) in [4.78, 5) is 21.5. The molecule has 7 nitrogen and oxygen atoms in total. The van der Waals surface area contributed by atoms with Gasteiger partial charge in [0.25, 0.3) is 0 Å². The molecule has 0 saturated carbocycles. The van der Waals surface area contributed by atoms with E-state index in [9.17, 15) is 18.0 Å². The molecule has 162 valence electrons. The van der Waals surface area contributed by atoms with Gasteiger partial charge in [-0.25, -0.2) is 4.79 Å². The Hall–Kier alpha value is -2.93. The fourth-order valence-corrected chi connectivity index (χ4v) is 3.01. The summed E-state index contributed by atoms with van der Waals surface area (Å²) in [5, 5.41) is 21.6. The molecular formula is C20H23F3N4O3. The van der Waals surface area contributed by atoms with E-state index in [4.69, 9.17) is 16.3 Å². The Balaban J connectivity index is 0.000000396. The van der Waals surface area contributed by atoms with Gasteiger partial charge in [0.1, 0.15) is 0 Å². The lowest BCUT2D eigenvalue weighted by Crippen LogP contribution is -2.62. The van der Waals surface area contributed by atoms with E-state index in [0.717, 1.165) is 32.4 Å². The van der Waals surface area contributed by atoms with Crippen molar-refractivity contribution < 1.29 is 27.9 Å². The van der Waals surface area contributed by atoms with Crippen molar-refractivity contribution in [1.82, 2.24) is 10.6 Å².